The van der Waals surface area contributed by atoms with E-state index < -0.39 is 0 Å². The van der Waals surface area contributed by atoms with Crippen LogP contribution in [-0.4, -0.2) is 25.9 Å². The zero-order valence-electron chi connectivity index (χ0n) is 17.3. The third-order valence-corrected chi connectivity index (χ3v) is 4.53. The maximum absolute atomic E-state index is 12.9. The Kier molecular flexibility index (Phi) is 6.65. The van der Waals surface area contributed by atoms with E-state index in [1.807, 2.05) is 80.5 Å². The van der Waals surface area contributed by atoms with Gasteiger partial charge >= 0.3 is 0 Å². The van der Waals surface area contributed by atoms with Crippen molar-refractivity contribution in [3.8, 4) is 0 Å². The molecule has 3 aromatic rings. The Labute approximate surface area is 177 Å². The molecule has 5 nitrogen and oxygen atoms in total. The standard InChI is InChI=1S/C25H25N3O2/c1-18-8-7-9-20(16-18)24(29)27-23(25(30)26-21-10-5-4-6-11-21)17-19-12-14-22(15-13-19)28(2)3/h4-17H,1-3H3,(H,26,30)(H,27,29)/b23-17+. The Morgan fingerprint density at radius 3 is 2.20 bits per heavy atom. The van der Waals surface area contributed by atoms with Crippen LogP contribution in [0.3, 0.4) is 0 Å². The van der Waals surface area contributed by atoms with Gasteiger partial charge in [-0.15, -0.1) is 0 Å². The predicted molar refractivity (Wildman–Crippen MR) is 122 cm³/mol. The number of carbonyl (C=O) groups excluding carboxylic acids is 2. The molecule has 0 saturated heterocycles. The van der Waals surface area contributed by atoms with Gasteiger partial charge in [-0.05, 0) is 55.0 Å². The number of aryl methyl sites for hydroxylation is 1. The van der Waals surface area contributed by atoms with E-state index in [0.717, 1.165) is 16.8 Å². The van der Waals surface area contributed by atoms with Gasteiger partial charge in [0.2, 0.25) is 0 Å². The van der Waals surface area contributed by atoms with Gasteiger partial charge in [0.15, 0.2) is 0 Å². The minimum Gasteiger partial charge on any atom is -0.378 e. The van der Waals surface area contributed by atoms with Crippen LogP contribution in [0.5, 0.6) is 0 Å². The number of rotatable bonds is 6. The normalized spacial score (nSPS) is 11.0. The van der Waals surface area contributed by atoms with Gasteiger partial charge in [-0.3, -0.25) is 9.59 Å². The van der Waals surface area contributed by atoms with E-state index in [1.54, 1.807) is 30.3 Å². The number of amides is 2. The van der Waals surface area contributed by atoms with Crippen LogP contribution in [0.15, 0.2) is 84.6 Å². The summed E-state index contributed by atoms with van der Waals surface area (Å²) in [5.74, 6) is -0.725. The smallest absolute Gasteiger partial charge is 0.272 e. The molecule has 0 saturated carbocycles. The molecule has 2 N–H and O–H groups in total. The van der Waals surface area contributed by atoms with Crippen molar-refractivity contribution in [1.82, 2.24) is 5.32 Å². The fourth-order valence-corrected chi connectivity index (χ4v) is 2.89. The highest BCUT2D eigenvalue weighted by molar-refractivity contribution is 6.10. The summed E-state index contributed by atoms with van der Waals surface area (Å²) in [4.78, 5) is 27.7. The average molecular weight is 399 g/mol. The van der Waals surface area contributed by atoms with Crippen LogP contribution < -0.4 is 15.5 Å². The van der Waals surface area contributed by atoms with Crippen LogP contribution in [0, 0.1) is 6.92 Å². The first-order valence-corrected chi connectivity index (χ1v) is 9.66. The molecular formula is C25H25N3O2. The molecule has 0 aliphatic heterocycles. The molecular weight excluding hydrogens is 374 g/mol. The number of hydrogen-bond acceptors (Lipinski definition) is 3. The second-order valence-electron chi connectivity index (χ2n) is 7.19. The Morgan fingerprint density at radius 1 is 0.867 bits per heavy atom. The molecule has 152 valence electrons. The molecule has 0 radical (unpaired) electrons. The van der Waals surface area contributed by atoms with Gasteiger partial charge in [-0.1, -0.05) is 48.0 Å². The molecule has 3 rings (SSSR count). The third kappa shape index (κ3) is 5.58. The molecule has 0 aliphatic rings. The van der Waals surface area contributed by atoms with E-state index >= 15 is 0 Å². The molecule has 0 fully saturated rings. The summed E-state index contributed by atoms with van der Waals surface area (Å²) in [5.41, 5.74) is 4.15. The lowest BCUT2D eigenvalue weighted by Gasteiger charge is -2.13. The summed E-state index contributed by atoms with van der Waals surface area (Å²) >= 11 is 0. The predicted octanol–water partition coefficient (Wildman–Crippen LogP) is 4.47. The lowest BCUT2D eigenvalue weighted by Crippen LogP contribution is -2.30. The lowest BCUT2D eigenvalue weighted by molar-refractivity contribution is -0.113. The number of anilines is 2. The summed E-state index contributed by atoms with van der Waals surface area (Å²) in [5, 5.41) is 5.60. The first-order valence-electron chi connectivity index (χ1n) is 9.66. The molecule has 30 heavy (non-hydrogen) atoms. The quantitative estimate of drug-likeness (QED) is 0.601. The van der Waals surface area contributed by atoms with Gasteiger partial charge in [0.1, 0.15) is 5.70 Å². The van der Waals surface area contributed by atoms with Crippen LogP contribution in [0.2, 0.25) is 0 Å². The van der Waals surface area contributed by atoms with Crippen LogP contribution >= 0.6 is 0 Å². The summed E-state index contributed by atoms with van der Waals surface area (Å²) in [7, 11) is 3.93. The molecule has 0 bridgehead atoms. The minimum absolute atomic E-state index is 0.169. The van der Waals surface area contributed by atoms with Crippen molar-refractivity contribution in [3.05, 3.63) is 101 Å². The molecule has 0 atom stereocenters. The monoisotopic (exact) mass is 399 g/mol. The first kappa shape index (κ1) is 20.9. The lowest BCUT2D eigenvalue weighted by atomic mass is 10.1. The molecule has 0 heterocycles. The van der Waals surface area contributed by atoms with E-state index in [0.29, 0.717) is 11.3 Å². The molecule has 5 heteroatoms. The van der Waals surface area contributed by atoms with E-state index in [4.69, 9.17) is 0 Å². The number of nitrogens with zero attached hydrogens (tertiary/aromatic N) is 1. The van der Waals surface area contributed by atoms with Gasteiger partial charge in [0.05, 0.1) is 0 Å². The van der Waals surface area contributed by atoms with Gasteiger partial charge in [-0.25, -0.2) is 0 Å². The summed E-state index contributed by atoms with van der Waals surface area (Å²) < 4.78 is 0. The van der Waals surface area contributed by atoms with Crippen molar-refractivity contribution in [2.24, 2.45) is 0 Å². The second kappa shape index (κ2) is 9.56. The average Bonchev–Trinajstić information content (AvgIpc) is 2.74. The maximum atomic E-state index is 12.9. The molecule has 0 unspecified atom stereocenters. The van der Waals surface area contributed by atoms with Gasteiger partial charge in [0.25, 0.3) is 11.8 Å². The topological polar surface area (TPSA) is 61.4 Å². The molecule has 0 aliphatic carbocycles. The molecule has 0 aromatic heterocycles. The maximum Gasteiger partial charge on any atom is 0.272 e. The Hall–Kier alpha value is -3.86. The number of nitrogens with one attached hydrogen (secondary N) is 2. The van der Waals surface area contributed by atoms with E-state index in [2.05, 4.69) is 10.6 Å². The summed E-state index contributed by atoms with van der Waals surface area (Å²) in [6.07, 6.45) is 1.67. The van der Waals surface area contributed by atoms with Gasteiger partial charge < -0.3 is 15.5 Å². The number of hydrogen-bond donors (Lipinski definition) is 2. The highest BCUT2D eigenvalue weighted by Gasteiger charge is 2.15. The van der Waals surface area contributed by atoms with Crippen LogP contribution in [0.1, 0.15) is 21.5 Å². The van der Waals surface area contributed by atoms with E-state index in [9.17, 15) is 9.59 Å². The Bertz CT molecular complexity index is 1060. The summed E-state index contributed by atoms with van der Waals surface area (Å²) in [6, 6.07) is 24.1. The van der Waals surface area contributed by atoms with Crippen molar-refractivity contribution < 1.29 is 9.59 Å². The van der Waals surface area contributed by atoms with Gasteiger partial charge in [-0.2, -0.15) is 0 Å². The van der Waals surface area contributed by atoms with Crippen molar-refractivity contribution in [3.63, 3.8) is 0 Å². The zero-order chi connectivity index (χ0) is 21.5. The molecule has 3 aromatic carbocycles. The van der Waals surface area contributed by atoms with Crippen molar-refractivity contribution in [2.45, 2.75) is 6.92 Å². The fraction of sp³-hybridized carbons (Fsp3) is 0.120. The highest BCUT2D eigenvalue weighted by atomic mass is 16.2. The van der Waals surface area contributed by atoms with Crippen molar-refractivity contribution >= 4 is 29.3 Å². The van der Waals surface area contributed by atoms with Gasteiger partial charge in [0, 0.05) is 31.0 Å². The van der Waals surface area contributed by atoms with Crippen LogP contribution in [-0.2, 0) is 4.79 Å². The SMILES string of the molecule is Cc1cccc(C(=O)N/C(=C/c2ccc(N(C)C)cc2)C(=O)Nc2ccccc2)c1. The zero-order valence-corrected chi connectivity index (χ0v) is 17.3. The fourth-order valence-electron chi connectivity index (χ4n) is 2.89. The largest absolute Gasteiger partial charge is 0.378 e. The first-order chi connectivity index (χ1) is 14.4. The molecule has 2 amide bonds. The highest BCUT2D eigenvalue weighted by Crippen LogP contribution is 2.16. The minimum atomic E-state index is -0.390. The van der Waals surface area contributed by atoms with Crippen LogP contribution in [0.4, 0.5) is 11.4 Å². The third-order valence-electron chi connectivity index (χ3n) is 4.53. The van der Waals surface area contributed by atoms with E-state index in [-0.39, 0.29) is 17.5 Å². The molecule has 0 spiro atoms. The Morgan fingerprint density at radius 2 is 1.57 bits per heavy atom. The number of para-hydroxylation sites is 1. The summed E-state index contributed by atoms with van der Waals surface area (Å²) in [6.45, 7) is 1.92. The number of carbonyl (C=O) groups is 2. The van der Waals surface area contributed by atoms with E-state index in [1.165, 1.54) is 0 Å². The second-order valence-corrected chi connectivity index (χ2v) is 7.19. The van der Waals surface area contributed by atoms with Crippen molar-refractivity contribution in [2.75, 3.05) is 24.3 Å². The number of benzene rings is 3. The Balaban J connectivity index is 1.89. The van der Waals surface area contributed by atoms with Crippen LogP contribution in [0.25, 0.3) is 6.08 Å². The van der Waals surface area contributed by atoms with Crippen molar-refractivity contribution in [1.29, 1.82) is 0 Å².